The van der Waals surface area contributed by atoms with Crippen LogP contribution in [0.4, 0.5) is 5.69 Å². The molecule has 2 N–H and O–H groups in total. The summed E-state index contributed by atoms with van der Waals surface area (Å²) in [5.74, 6) is 0.638. The number of fused-ring (bicyclic) bond motifs is 1. The SMILES string of the molecule is CCOc1ccc(NC(=O)Cn2c(=O)n(Cc3ccc(C(=O)NCc4ccco4)cc3)c(=O)c3sccc32)cc1. The minimum atomic E-state index is -0.599. The molecule has 0 saturated heterocycles. The van der Waals surface area contributed by atoms with E-state index >= 15 is 0 Å². The summed E-state index contributed by atoms with van der Waals surface area (Å²) in [5.41, 5.74) is 1.02. The Bertz CT molecular complexity index is 1750. The first kappa shape index (κ1) is 26.7. The summed E-state index contributed by atoms with van der Waals surface area (Å²) in [6.07, 6.45) is 1.54. The normalized spacial score (nSPS) is 10.9. The molecular weight excluding hydrogens is 532 g/mol. The fraction of sp³-hybridized carbons (Fsp3) is 0.172. The number of thiophene rings is 1. The minimum Gasteiger partial charge on any atom is -0.494 e. The molecule has 40 heavy (non-hydrogen) atoms. The number of aromatic nitrogens is 2. The number of hydrogen-bond acceptors (Lipinski definition) is 7. The summed E-state index contributed by atoms with van der Waals surface area (Å²) in [6.45, 7) is 2.40. The van der Waals surface area contributed by atoms with Crippen LogP contribution in [0.25, 0.3) is 10.2 Å². The van der Waals surface area contributed by atoms with Crippen molar-refractivity contribution in [3.05, 3.63) is 116 Å². The number of carbonyl (C=O) groups excluding carboxylic acids is 2. The van der Waals surface area contributed by atoms with Crippen LogP contribution in [0.5, 0.6) is 5.75 Å². The van der Waals surface area contributed by atoms with E-state index in [0.29, 0.717) is 45.1 Å². The van der Waals surface area contributed by atoms with Crippen molar-refractivity contribution in [1.82, 2.24) is 14.5 Å². The molecule has 2 aromatic carbocycles. The second kappa shape index (κ2) is 11.9. The standard InChI is InChI=1S/C29H26N4O6S/c1-2-38-22-11-9-21(10-12-22)31-25(34)18-32-24-13-15-40-26(24)28(36)33(29(32)37)17-19-5-7-20(8-6-19)27(35)30-16-23-4-3-14-39-23/h3-15H,2,16-18H2,1H3,(H,30,35)(H,31,34). The number of ether oxygens (including phenoxy) is 1. The van der Waals surface area contributed by atoms with Crippen LogP contribution in [-0.2, 0) is 24.4 Å². The molecule has 0 radical (unpaired) electrons. The molecule has 0 aliphatic rings. The highest BCUT2D eigenvalue weighted by Crippen LogP contribution is 2.18. The molecule has 0 saturated carbocycles. The van der Waals surface area contributed by atoms with E-state index in [0.717, 1.165) is 4.57 Å². The lowest BCUT2D eigenvalue weighted by Crippen LogP contribution is -2.41. The van der Waals surface area contributed by atoms with Gasteiger partial charge in [-0.15, -0.1) is 11.3 Å². The zero-order chi connectivity index (χ0) is 28.1. The highest BCUT2D eigenvalue weighted by atomic mass is 32.1. The van der Waals surface area contributed by atoms with Gasteiger partial charge in [0.15, 0.2) is 0 Å². The van der Waals surface area contributed by atoms with Crippen molar-refractivity contribution < 1.29 is 18.7 Å². The number of anilines is 1. The Kier molecular flexibility index (Phi) is 7.92. The van der Waals surface area contributed by atoms with Gasteiger partial charge >= 0.3 is 5.69 Å². The van der Waals surface area contributed by atoms with Gasteiger partial charge in [0.2, 0.25) is 5.91 Å². The highest BCUT2D eigenvalue weighted by molar-refractivity contribution is 7.17. The van der Waals surface area contributed by atoms with Crippen LogP contribution in [0.15, 0.2) is 92.4 Å². The first-order valence-corrected chi connectivity index (χ1v) is 13.4. The van der Waals surface area contributed by atoms with Gasteiger partial charge in [0.25, 0.3) is 11.5 Å². The van der Waals surface area contributed by atoms with Crippen molar-refractivity contribution in [1.29, 1.82) is 0 Å². The fourth-order valence-corrected chi connectivity index (χ4v) is 5.04. The number of amides is 2. The maximum Gasteiger partial charge on any atom is 0.332 e. The summed E-state index contributed by atoms with van der Waals surface area (Å²) in [4.78, 5) is 51.9. The topological polar surface area (TPSA) is 125 Å². The van der Waals surface area contributed by atoms with Crippen molar-refractivity contribution in [3.8, 4) is 5.75 Å². The Morgan fingerprint density at radius 1 is 0.975 bits per heavy atom. The van der Waals surface area contributed by atoms with E-state index < -0.39 is 17.2 Å². The first-order chi connectivity index (χ1) is 19.4. The van der Waals surface area contributed by atoms with E-state index in [-0.39, 0.29) is 25.5 Å². The van der Waals surface area contributed by atoms with E-state index in [1.54, 1.807) is 72.1 Å². The third kappa shape index (κ3) is 5.89. The van der Waals surface area contributed by atoms with Crippen molar-refractivity contribution in [2.24, 2.45) is 0 Å². The molecule has 2 amide bonds. The zero-order valence-electron chi connectivity index (χ0n) is 21.6. The van der Waals surface area contributed by atoms with Crippen LogP contribution in [0.3, 0.4) is 0 Å². The van der Waals surface area contributed by atoms with Crippen LogP contribution < -0.4 is 26.6 Å². The molecule has 0 aliphatic carbocycles. The van der Waals surface area contributed by atoms with Crippen molar-refractivity contribution >= 4 is 39.1 Å². The Morgan fingerprint density at radius 2 is 1.75 bits per heavy atom. The van der Waals surface area contributed by atoms with Crippen LogP contribution in [0.2, 0.25) is 0 Å². The second-order valence-electron chi connectivity index (χ2n) is 8.86. The molecule has 0 spiro atoms. The molecule has 0 unspecified atom stereocenters. The summed E-state index contributed by atoms with van der Waals surface area (Å²) in [6, 6.07) is 18.7. The highest BCUT2D eigenvalue weighted by Gasteiger charge is 2.17. The molecule has 5 rings (SSSR count). The van der Waals surface area contributed by atoms with Gasteiger partial charge in [-0.3, -0.25) is 23.5 Å². The Labute approximate surface area is 232 Å². The van der Waals surface area contributed by atoms with Crippen molar-refractivity contribution in [2.75, 3.05) is 11.9 Å². The number of nitrogens with zero attached hydrogens (tertiary/aromatic N) is 2. The third-order valence-corrected chi connectivity index (χ3v) is 7.04. The first-order valence-electron chi connectivity index (χ1n) is 12.6. The molecule has 10 nitrogen and oxygen atoms in total. The molecule has 0 atom stereocenters. The average Bonchev–Trinajstić information content (AvgIpc) is 3.67. The van der Waals surface area contributed by atoms with Crippen molar-refractivity contribution in [2.45, 2.75) is 26.6 Å². The van der Waals surface area contributed by atoms with Crippen molar-refractivity contribution in [3.63, 3.8) is 0 Å². The molecular formula is C29H26N4O6S. The van der Waals surface area contributed by atoms with E-state index in [4.69, 9.17) is 9.15 Å². The molecule has 204 valence electrons. The Balaban J connectivity index is 1.33. The van der Waals surface area contributed by atoms with E-state index in [1.165, 1.54) is 22.2 Å². The molecule has 0 aliphatic heterocycles. The van der Waals surface area contributed by atoms with Gasteiger partial charge in [-0.1, -0.05) is 12.1 Å². The number of nitrogens with one attached hydrogen (secondary N) is 2. The molecule has 0 bridgehead atoms. The van der Waals surface area contributed by atoms with Gasteiger partial charge in [-0.25, -0.2) is 4.79 Å². The minimum absolute atomic E-state index is 0.0136. The number of hydrogen-bond donors (Lipinski definition) is 2. The lowest BCUT2D eigenvalue weighted by atomic mass is 10.1. The van der Waals surface area contributed by atoms with E-state index in [2.05, 4.69) is 10.6 Å². The number of carbonyl (C=O) groups is 2. The maximum atomic E-state index is 13.4. The smallest absolute Gasteiger partial charge is 0.332 e. The molecule has 3 aromatic heterocycles. The van der Waals surface area contributed by atoms with E-state index in [9.17, 15) is 19.2 Å². The zero-order valence-corrected chi connectivity index (χ0v) is 22.4. The molecule has 11 heteroatoms. The predicted octanol–water partition coefficient (Wildman–Crippen LogP) is 3.83. The summed E-state index contributed by atoms with van der Waals surface area (Å²) < 4.78 is 13.4. The number of furan rings is 1. The lowest BCUT2D eigenvalue weighted by Gasteiger charge is -2.13. The van der Waals surface area contributed by atoms with Gasteiger partial charge in [0.1, 0.15) is 22.8 Å². The monoisotopic (exact) mass is 558 g/mol. The Hall–Kier alpha value is -4.90. The Morgan fingerprint density at radius 3 is 2.45 bits per heavy atom. The molecule has 5 aromatic rings. The maximum absolute atomic E-state index is 13.4. The van der Waals surface area contributed by atoms with Gasteiger partial charge in [0.05, 0.1) is 31.5 Å². The van der Waals surface area contributed by atoms with Crippen LogP contribution in [0.1, 0.15) is 28.6 Å². The summed E-state index contributed by atoms with van der Waals surface area (Å²) in [7, 11) is 0. The van der Waals surface area contributed by atoms with Gasteiger partial charge in [-0.05, 0) is 72.5 Å². The van der Waals surface area contributed by atoms with Crippen LogP contribution in [0, 0.1) is 0 Å². The third-order valence-electron chi connectivity index (χ3n) is 6.15. The molecule has 3 heterocycles. The largest absolute Gasteiger partial charge is 0.494 e. The summed E-state index contributed by atoms with van der Waals surface area (Å²) >= 11 is 1.21. The van der Waals surface area contributed by atoms with Crippen LogP contribution in [-0.4, -0.2) is 27.6 Å². The van der Waals surface area contributed by atoms with E-state index in [1.807, 2.05) is 6.92 Å². The average molecular weight is 559 g/mol. The number of rotatable bonds is 10. The quantitative estimate of drug-likeness (QED) is 0.269. The van der Waals surface area contributed by atoms with Crippen LogP contribution >= 0.6 is 11.3 Å². The van der Waals surface area contributed by atoms with Gasteiger partial charge in [-0.2, -0.15) is 0 Å². The number of benzene rings is 2. The fourth-order valence-electron chi connectivity index (χ4n) is 4.20. The van der Waals surface area contributed by atoms with Gasteiger partial charge in [0, 0.05) is 11.3 Å². The molecule has 0 fully saturated rings. The summed E-state index contributed by atoms with van der Waals surface area (Å²) in [5, 5.41) is 7.27. The van der Waals surface area contributed by atoms with Gasteiger partial charge < -0.3 is 19.8 Å². The predicted molar refractivity (Wildman–Crippen MR) is 152 cm³/mol. The second-order valence-corrected chi connectivity index (χ2v) is 9.78. The lowest BCUT2D eigenvalue weighted by molar-refractivity contribution is -0.116.